The number of phosphoric acid groups is 1. The summed E-state index contributed by atoms with van der Waals surface area (Å²) in [6.07, 6.45) is -0.194. The lowest BCUT2D eigenvalue weighted by Gasteiger charge is -2.44. The number of benzene rings is 2. The molecule has 0 radical (unpaired) electrons. The maximum Gasteiger partial charge on any atom is 0.647 e. The van der Waals surface area contributed by atoms with Gasteiger partial charge in [-0.05, 0) is 85.1 Å². The molecular weight excluding hydrogens is 785 g/mol. The normalized spacial score (nSPS) is 16.7. The number of nitrogens with zero attached hydrogens (tertiary/aromatic N) is 7. The number of aromatic nitrogens is 6. The van der Waals surface area contributed by atoms with Gasteiger partial charge in [0.25, 0.3) is 12.4 Å². The summed E-state index contributed by atoms with van der Waals surface area (Å²) in [4.78, 5) is 23.0. The molecule has 5 heterocycles. The quantitative estimate of drug-likeness (QED) is 0.0853. The summed E-state index contributed by atoms with van der Waals surface area (Å²) in [5.41, 5.74) is 12.9. The number of pyridine rings is 2. The zero-order valence-corrected chi connectivity index (χ0v) is 30.9. The number of nitrogen functional groups attached to an aromatic ring is 1. The van der Waals surface area contributed by atoms with Gasteiger partial charge in [-0.2, -0.15) is 8.96 Å². The second-order valence-electron chi connectivity index (χ2n) is 12.7. The SMILES string of the molecule is Nc1ncnc2c1ncn2Cc1cc(-c2ccc(OP(=O)(Oc3ccc(Cl)cc3)Oc3ccc(Cl)cc3)c(F)n2)ncc1N1CCC[C@](N)([C@@H](O)C(F)F)C1. The van der Waals surface area contributed by atoms with Crippen molar-refractivity contribution in [3.8, 4) is 28.6 Å². The lowest BCUT2D eigenvalue weighted by atomic mass is 9.84. The molecule has 0 amide bonds. The fraction of sp³-hybridized carbons (Fsp3) is 0.229. The second kappa shape index (κ2) is 15.5. The zero-order chi connectivity index (χ0) is 38.9. The smallest absolute Gasteiger partial charge is 0.386 e. The molecule has 1 aliphatic rings. The molecule has 1 saturated heterocycles. The molecule has 5 N–H and O–H groups in total. The summed E-state index contributed by atoms with van der Waals surface area (Å²) in [6, 6.07) is 15.9. The summed E-state index contributed by atoms with van der Waals surface area (Å²) >= 11 is 12.0. The highest BCUT2D eigenvalue weighted by Crippen LogP contribution is 2.50. The number of hydrogen-bond acceptors (Lipinski definition) is 13. The zero-order valence-electron chi connectivity index (χ0n) is 28.5. The molecular formula is C35H31Cl2F3N9O5P. The minimum atomic E-state index is -4.63. The molecule has 1 aliphatic heterocycles. The molecule has 0 spiro atoms. The Balaban J connectivity index is 1.22. The highest BCUT2D eigenvalue weighted by atomic mass is 35.5. The first-order valence-corrected chi connectivity index (χ1v) is 18.8. The monoisotopic (exact) mass is 815 g/mol. The molecule has 286 valence electrons. The van der Waals surface area contributed by atoms with Crippen LogP contribution in [0.5, 0.6) is 17.2 Å². The Labute approximate surface area is 321 Å². The van der Waals surface area contributed by atoms with Gasteiger partial charge in [0.1, 0.15) is 29.4 Å². The van der Waals surface area contributed by atoms with Gasteiger partial charge in [-0.15, -0.1) is 0 Å². The van der Waals surface area contributed by atoms with Gasteiger partial charge in [0.15, 0.2) is 17.2 Å². The van der Waals surface area contributed by atoms with E-state index in [2.05, 4.69) is 24.9 Å². The van der Waals surface area contributed by atoms with Crippen LogP contribution in [-0.4, -0.2) is 65.8 Å². The van der Waals surface area contributed by atoms with Crippen LogP contribution in [-0.2, 0) is 11.1 Å². The number of anilines is 2. The Kier molecular flexibility index (Phi) is 10.7. The van der Waals surface area contributed by atoms with Gasteiger partial charge in [-0.25, -0.2) is 28.7 Å². The number of aliphatic hydroxyl groups excluding tert-OH is 1. The standard InChI is InChI=1S/C35H31Cl2F3N9O5P/c36-21-2-6-23(7-3-21)52-55(51,53-24-8-4-22(37)5-9-24)54-28-11-10-25(47-32(28)40)26-14-20(16-49-19-46-29-33(41)44-18-45-34(29)49)27(15-43-26)48-13-1-12-35(42,17-48)30(50)31(38)39/h2-11,14-15,18-19,30-31,50H,1,12-13,16-17,42H2,(H2,41,44,45)/t30-,35+/m0/s1. The van der Waals surface area contributed by atoms with Crippen molar-refractivity contribution in [2.75, 3.05) is 23.7 Å². The Hall–Kier alpha value is -5.19. The highest BCUT2D eigenvalue weighted by Gasteiger charge is 2.43. The van der Waals surface area contributed by atoms with Crippen LogP contribution in [0.1, 0.15) is 18.4 Å². The van der Waals surface area contributed by atoms with E-state index in [4.69, 9.17) is 48.2 Å². The van der Waals surface area contributed by atoms with E-state index in [0.717, 1.165) is 0 Å². The van der Waals surface area contributed by atoms with E-state index in [1.54, 1.807) is 15.5 Å². The number of alkyl halides is 2. The number of imidazole rings is 1. The van der Waals surface area contributed by atoms with Gasteiger partial charge < -0.3 is 39.6 Å². The van der Waals surface area contributed by atoms with Gasteiger partial charge in [0.05, 0.1) is 41.7 Å². The molecule has 6 aromatic rings. The van der Waals surface area contributed by atoms with Crippen LogP contribution in [0.25, 0.3) is 22.6 Å². The van der Waals surface area contributed by atoms with Gasteiger partial charge in [-0.1, -0.05) is 23.2 Å². The number of fused-ring (bicyclic) bond motifs is 1. The van der Waals surface area contributed by atoms with Gasteiger partial charge in [0, 0.05) is 23.1 Å². The van der Waals surface area contributed by atoms with Crippen LogP contribution in [0.3, 0.4) is 0 Å². The summed E-state index contributed by atoms with van der Waals surface area (Å²) in [5.74, 6) is -1.42. The summed E-state index contributed by atoms with van der Waals surface area (Å²) < 4.78 is 75.5. The Bertz CT molecular complexity index is 2330. The van der Waals surface area contributed by atoms with Crippen LogP contribution in [0.15, 0.2) is 85.6 Å². The third kappa shape index (κ3) is 8.40. The average Bonchev–Trinajstić information content (AvgIpc) is 3.57. The number of hydrogen-bond donors (Lipinski definition) is 3. The topological polar surface area (TPSA) is 190 Å². The number of nitrogens with two attached hydrogens (primary N) is 2. The van der Waals surface area contributed by atoms with E-state index in [0.29, 0.717) is 45.4 Å². The Morgan fingerprint density at radius 2 is 1.60 bits per heavy atom. The van der Waals surface area contributed by atoms with E-state index >= 15 is 4.39 Å². The van der Waals surface area contributed by atoms with E-state index in [-0.39, 0.29) is 48.2 Å². The maximum atomic E-state index is 15.8. The lowest BCUT2D eigenvalue weighted by Crippen LogP contribution is -2.63. The van der Waals surface area contributed by atoms with Crippen LogP contribution >= 0.6 is 31.0 Å². The maximum absolute atomic E-state index is 15.8. The van der Waals surface area contributed by atoms with Crippen molar-refractivity contribution in [2.45, 2.75) is 37.5 Å². The number of phosphoric ester groups is 1. The summed E-state index contributed by atoms with van der Waals surface area (Å²) in [6.45, 7) is 0.458. The fourth-order valence-electron chi connectivity index (χ4n) is 6.11. The minimum Gasteiger partial charge on any atom is -0.386 e. The van der Waals surface area contributed by atoms with Crippen LogP contribution in [0.4, 0.5) is 24.7 Å². The lowest BCUT2D eigenvalue weighted by molar-refractivity contribution is -0.0529. The van der Waals surface area contributed by atoms with Gasteiger partial charge >= 0.3 is 7.82 Å². The molecule has 0 saturated carbocycles. The first-order valence-electron chi connectivity index (χ1n) is 16.6. The fourth-order valence-corrected chi connectivity index (χ4v) is 7.61. The number of rotatable bonds is 12. The number of halogens is 5. The van der Waals surface area contributed by atoms with Crippen molar-refractivity contribution in [3.05, 3.63) is 107 Å². The molecule has 2 atom stereocenters. The molecule has 1 fully saturated rings. The predicted octanol–water partition coefficient (Wildman–Crippen LogP) is 6.93. The van der Waals surface area contributed by atoms with Crippen molar-refractivity contribution >= 4 is 53.7 Å². The van der Waals surface area contributed by atoms with Crippen molar-refractivity contribution in [2.24, 2.45) is 5.73 Å². The van der Waals surface area contributed by atoms with Crippen molar-refractivity contribution in [1.82, 2.24) is 29.5 Å². The first-order chi connectivity index (χ1) is 26.3. The number of aliphatic hydroxyl groups is 1. The third-order valence-corrected chi connectivity index (χ3v) is 10.6. The predicted molar refractivity (Wildman–Crippen MR) is 199 cm³/mol. The van der Waals surface area contributed by atoms with E-state index in [1.807, 2.05) is 0 Å². The Morgan fingerprint density at radius 3 is 2.24 bits per heavy atom. The van der Waals surface area contributed by atoms with Gasteiger partial charge in [0.2, 0.25) is 0 Å². The molecule has 4 aromatic heterocycles. The van der Waals surface area contributed by atoms with Crippen LogP contribution in [0, 0.1) is 5.95 Å². The van der Waals surface area contributed by atoms with Crippen molar-refractivity contribution in [3.63, 3.8) is 0 Å². The summed E-state index contributed by atoms with van der Waals surface area (Å²) in [5, 5.41) is 11.1. The molecule has 55 heavy (non-hydrogen) atoms. The van der Waals surface area contributed by atoms with Crippen molar-refractivity contribution in [1.29, 1.82) is 0 Å². The molecule has 0 bridgehead atoms. The van der Waals surface area contributed by atoms with E-state index in [9.17, 15) is 18.5 Å². The molecule has 0 aliphatic carbocycles. The average molecular weight is 817 g/mol. The molecule has 2 aromatic carbocycles. The Morgan fingerprint density at radius 1 is 0.927 bits per heavy atom. The molecule has 0 unspecified atom stereocenters. The molecule has 14 nitrogen and oxygen atoms in total. The van der Waals surface area contributed by atoms with E-state index in [1.165, 1.54) is 79.5 Å². The van der Waals surface area contributed by atoms with E-state index < -0.39 is 37.6 Å². The first kappa shape index (κ1) is 38.1. The third-order valence-electron chi connectivity index (χ3n) is 8.81. The number of piperidine rings is 1. The van der Waals surface area contributed by atoms with Crippen LogP contribution < -0.4 is 29.9 Å². The molecule has 20 heteroatoms. The second-order valence-corrected chi connectivity index (χ2v) is 15.0. The highest BCUT2D eigenvalue weighted by molar-refractivity contribution is 7.49. The largest absolute Gasteiger partial charge is 0.647 e. The van der Waals surface area contributed by atoms with Crippen LogP contribution in [0.2, 0.25) is 10.0 Å². The summed E-state index contributed by atoms with van der Waals surface area (Å²) in [7, 11) is -4.63. The molecule has 7 rings (SSSR count). The van der Waals surface area contributed by atoms with Crippen molar-refractivity contribution < 1.29 is 36.4 Å². The minimum absolute atomic E-state index is 0.0618. The van der Waals surface area contributed by atoms with Gasteiger partial charge in [-0.3, -0.25) is 4.98 Å².